The molecule has 0 nitrogen and oxygen atoms in total. The second-order valence-electron chi connectivity index (χ2n) is 2.48. The topological polar surface area (TPSA) is 0 Å². The van der Waals surface area contributed by atoms with Crippen molar-refractivity contribution in [1.29, 1.82) is 0 Å². The maximum atomic E-state index is 10.9. The van der Waals surface area contributed by atoms with Crippen LogP contribution in [-0.4, -0.2) is 18.5 Å². The Kier molecular flexibility index (Phi) is 11.0. The lowest BCUT2D eigenvalue weighted by Crippen LogP contribution is -2.05. The Balaban J connectivity index is -0.000000218. The van der Waals surface area contributed by atoms with Crippen molar-refractivity contribution in [1.82, 2.24) is 0 Å². The highest BCUT2D eigenvalue weighted by atomic mass is 19.4. The third kappa shape index (κ3) is 30.0. The quantitative estimate of drug-likeness (QED) is 0.390. The molecule has 0 spiro atoms. The molecule has 0 fully saturated rings. The Bertz CT molecular complexity index is 301. The van der Waals surface area contributed by atoms with E-state index in [9.17, 15) is 48.3 Å². The number of halogens is 11. The summed E-state index contributed by atoms with van der Waals surface area (Å²) in [5.41, 5.74) is 0. The van der Waals surface area contributed by atoms with E-state index in [1.165, 1.54) is 0 Å². The summed E-state index contributed by atoms with van der Waals surface area (Å²) in [6.07, 6.45) is -14.6. The lowest BCUT2D eigenvalue weighted by Gasteiger charge is -1.97. The average molecular weight is 324 g/mol. The van der Waals surface area contributed by atoms with Crippen molar-refractivity contribution in [3.8, 4) is 0 Å². The predicted molar refractivity (Wildman–Crippen MR) is 48.9 cm³/mol. The number of allylic oxidation sites excluding steroid dienone is 3. The van der Waals surface area contributed by atoms with Gasteiger partial charge in [-0.1, -0.05) is 13.2 Å². The van der Waals surface area contributed by atoms with Gasteiger partial charge in [-0.05, 0) is 0 Å². The first-order valence-electron chi connectivity index (χ1n) is 4.03. The van der Waals surface area contributed by atoms with Gasteiger partial charge in [-0.3, -0.25) is 0 Å². The summed E-state index contributed by atoms with van der Waals surface area (Å²) < 4.78 is 118. The van der Waals surface area contributed by atoms with Crippen molar-refractivity contribution in [2.75, 3.05) is 0 Å². The summed E-state index contributed by atoms with van der Waals surface area (Å²) in [4.78, 5) is 0. The fraction of sp³-hybridized carbons (Fsp3) is 0.333. The molecule has 0 rings (SSSR count). The molecule has 0 aromatic heterocycles. The minimum Gasteiger partial charge on any atom is -0.216 e. The van der Waals surface area contributed by atoms with E-state index in [0.717, 1.165) is 0 Å². The minimum absolute atomic E-state index is 0.0625. The SMILES string of the molecule is C=C(F)C(F)(F)F.C=CC(F)(F)F.F/C=C\C(F)(F)F. The van der Waals surface area contributed by atoms with E-state index in [2.05, 4.69) is 6.58 Å². The first kappa shape index (κ1) is 23.5. The number of rotatable bonds is 0. The normalized spacial score (nSPS) is 11.9. The van der Waals surface area contributed by atoms with Gasteiger partial charge in [0.15, 0.2) is 5.83 Å². The van der Waals surface area contributed by atoms with Crippen LogP contribution in [-0.2, 0) is 0 Å². The van der Waals surface area contributed by atoms with E-state index in [1.54, 1.807) is 0 Å². The zero-order chi connectivity index (χ0) is 17.2. The molecule has 20 heavy (non-hydrogen) atoms. The lowest BCUT2D eigenvalue weighted by molar-refractivity contribution is -0.108. The van der Waals surface area contributed by atoms with Crippen LogP contribution >= 0.6 is 0 Å². The molecule has 11 heteroatoms. The van der Waals surface area contributed by atoms with Crippen molar-refractivity contribution in [2.45, 2.75) is 18.5 Å². The summed E-state index contributed by atoms with van der Waals surface area (Å²) in [5, 5.41) is 0. The predicted octanol–water partition coefficient (Wildman–Crippen LogP) is 5.80. The van der Waals surface area contributed by atoms with Crippen molar-refractivity contribution in [3.63, 3.8) is 0 Å². The molecule has 0 amide bonds. The van der Waals surface area contributed by atoms with Gasteiger partial charge in [-0.25, -0.2) is 8.78 Å². The highest BCUT2D eigenvalue weighted by molar-refractivity contribution is 4.88. The van der Waals surface area contributed by atoms with Crippen LogP contribution in [0.2, 0.25) is 0 Å². The van der Waals surface area contributed by atoms with E-state index in [1.807, 2.05) is 6.58 Å². The fourth-order valence-electron chi connectivity index (χ4n) is 0.0714. The molecule has 0 atom stereocenters. The molecule has 0 heterocycles. The number of hydrogen-bond acceptors (Lipinski definition) is 0. The number of hydrogen-bond donors (Lipinski definition) is 0. The van der Waals surface area contributed by atoms with Crippen molar-refractivity contribution in [3.05, 3.63) is 37.5 Å². The van der Waals surface area contributed by atoms with Crippen molar-refractivity contribution < 1.29 is 48.3 Å². The van der Waals surface area contributed by atoms with E-state index in [-0.39, 0.29) is 6.08 Å². The molecule has 0 saturated carbocycles. The molecule has 0 aliphatic heterocycles. The van der Waals surface area contributed by atoms with Gasteiger partial charge in [0, 0.05) is 12.2 Å². The second kappa shape index (κ2) is 9.37. The van der Waals surface area contributed by atoms with Gasteiger partial charge in [-0.2, -0.15) is 39.5 Å². The molecule has 0 radical (unpaired) electrons. The Hall–Kier alpha value is -1.55. The highest BCUT2D eigenvalue weighted by Crippen LogP contribution is 2.23. The standard InChI is InChI=1S/2C3H2F4.C3H3F3/c1-2(4)3(5,6)7;4-2-1-3(5,6)7;1-2-3(4,5)6/h1H2;1-2H;2H,1H2/b;2-1-;. The third-order valence-electron chi connectivity index (χ3n) is 0.791. The van der Waals surface area contributed by atoms with E-state index in [0.29, 0.717) is 0 Å². The maximum absolute atomic E-state index is 10.9. The van der Waals surface area contributed by atoms with Crippen LogP contribution in [0.5, 0.6) is 0 Å². The first-order chi connectivity index (χ1) is 8.56. The van der Waals surface area contributed by atoms with Crippen LogP contribution in [0.4, 0.5) is 48.3 Å². The summed E-state index contributed by atoms with van der Waals surface area (Å²) in [7, 11) is 0. The molecule has 0 aromatic carbocycles. The molecule has 0 aromatic rings. The Morgan fingerprint density at radius 3 is 1.05 bits per heavy atom. The highest BCUT2D eigenvalue weighted by Gasteiger charge is 2.32. The van der Waals surface area contributed by atoms with Gasteiger partial charge < -0.3 is 0 Å². The van der Waals surface area contributed by atoms with Gasteiger partial charge in [0.05, 0.1) is 6.33 Å². The molecule has 0 unspecified atom stereocenters. The minimum atomic E-state index is -4.86. The molecule has 120 valence electrons. The molecule has 0 aliphatic carbocycles. The fourth-order valence-corrected chi connectivity index (χ4v) is 0.0714. The largest absolute Gasteiger partial charge is 0.442 e. The van der Waals surface area contributed by atoms with Crippen LogP contribution in [0.1, 0.15) is 0 Å². The molecule has 0 N–H and O–H groups in total. The Morgan fingerprint density at radius 1 is 0.800 bits per heavy atom. The van der Waals surface area contributed by atoms with Crippen molar-refractivity contribution >= 4 is 0 Å². The maximum Gasteiger partial charge on any atom is 0.442 e. The van der Waals surface area contributed by atoms with Crippen LogP contribution in [0, 0.1) is 0 Å². The monoisotopic (exact) mass is 324 g/mol. The third-order valence-corrected chi connectivity index (χ3v) is 0.791. The molecular formula is C9H7F11. The van der Waals surface area contributed by atoms with Gasteiger partial charge in [-0.15, -0.1) is 0 Å². The van der Waals surface area contributed by atoms with Gasteiger partial charge in [0.2, 0.25) is 0 Å². The first-order valence-corrected chi connectivity index (χ1v) is 4.03. The zero-order valence-electron chi connectivity index (χ0n) is 9.30. The van der Waals surface area contributed by atoms with Crippen LogP contribution in [0.15, 0.2) is 37.5 Å². The molecule has 0 aliphatic rings. The smallest absolute Gasteiger partial charge is 0.216 e. The van der Waals surface area contributed by atoms with E-state index < -0.39 is 36.8 Å². The Morgan fingerprint density at radius 2 is 1.05 bits per heavy atom. The van der Waals surface area contributed by atoms with E-state index >= 15 is 0 Å². The number of alkyl halides is 9. The zero-order valence-corrected chi connectivity index (χ0v) is 9.30. The van der Waals surface area contributed by atoms with Gasteiger partial charge >= 0.3 is 18.5 Å². The average Bonchev–Trinajstić information content (AvgIpc) is 2.14. The molecule has 0 bridgehead atoms. The van der Waals surface area contributed by atoms with Crippen LogP contribution < -0.4 is 0 Å². The summed E-state index contributed by atoms with van der Waals surface area (Å²) in [5.74, 6) is -2.26. The van der Waals surface area contributed by atoms with Crippen LogP contribution in [0.3, 0.4) is 0 Å². The summed E-state index contributed by atoms with van der Waals surface area (Å²) in [6, 6.07) is 0. The van der Waals surface area contributed by atoms with Crippen LogP contribution in [0.25, 0.3) is 0 Å². The lowest BCUT2D eigenvalue weighted by atomic mass is 10.6. The second-order valence-corrected chi connectivity index (χ2v) is 2.48. The molecule has 0 saturated heterocycles. The molecular weight excluding hydrogens is 317 g/mol. The van der Waals surface area contributed by atoms with Gasteiger partial charge in [0.25, 0.3) is 0 Å². The Labute approximate surface area is 105 Å². The summed E-state index contributed by atoms with van der Waals surface area (Å²) >= 11 is 0. The summed E-state index contributed by atoms with van der Waals surface area (Å²) in [6.45, 7) is 4.54. The van der Waals surface area contributed by atoms with Gasteiger partial charge in [0.1, 0.15) is 0 Å². The van der Waals surface area contributed by atoms with Crippen molar-refractivity contribution in [2.24, 2.45) is 0 Å². The van der Waals surface area contributed by atoms with E-state index in [4.69, 9.17) is 0 Å².